The Morgan fingerprint density at radius 1 is 0.963 bits per heavy atom. The summed E-state index contributed by atoms with van der Waals surface area (Å²) in [4.78, 5) is 23.7. The molecule has 0 unspecified atom stereocenters. The third-order valence-electron chi connectivity index (χ3n) is 4.92. The van der Waals surface area contributed by atoms with Crippen LogP contribution in [0, 0.1) is 0 Å². The Labute approximate surface area is 160 Å². The zero-order valence-corrected chi connectivity index (χ0v) is 15.7. The average Bonchev–Trinajstić information content (AvgIpc) is 2.68. The van der Waals surface area contributed by atoms with E-state index in [1.165, 1.54) is 19.3 Å². The molecule has 0 aromatic heterocycles. The van der Waals surface area contributed by atoms with Gasteiger partial charge in [0.1, 0.15) is 13.2 Å². The van der Waals surface area contributed by atoms with Crippen molar-refractivity contribution in [3.63, 3.8) is 0 Å². The summed E-state index contributed by atoms with van der Waals surface area (Å²) in [5.74, 6) is 1.47. The lowest BCUT2D eigenvalue weighted by Gasteiger charge is -2.22. The van der Waals surface area contributed by atoms with E-state index < -0.39 is 0 Å². The number of hydrogen-bond acceptors (Lipinski definition) is 4. The summed E-state index contributed by atoms with van der Waals surface area (Å²) in [6, 6.07) is 5.94. The molecule has 148 valence electrons. The summed E-state index contributed by atoms with van der Waals surface area (Å²) in [5, 5.41) is 8.62. The van der Waals surface area contributed by atoms with Crippen LogP contribution >= 0.6 is 0 Å². The molecule has 1 heterocycles. The zero-order valence-electron chi connectivity index (χ0n) is 15.7. The van der Waals surface area contributed by atoms with Crippen LogP contribution in [0.3, 0.4) is 0 Å². The highest BCUT2D eigenvalue weighted by Gasteiger charge is 2.15. The third kappa shape index (κ3) is 6.34. The lowest BCUT2D eigenvalue weighted by molar-refractivity contribution is -0.120. The van der Waals surface area contributed by atoms with Crippen LogP contribution in [-0.2, 0) is 11.2 Å². The van der Waals surface area contributed by atoms with E-state index in [1.54, 1.807) is 0 Å². The van der Waals surface area contributed by atoms with Gasteiger partial charge in [0, 0.05) is 25.6 Å². The van der Waals surface area contributed by atoms with Crippen molar-refractivity contribution in [2.75, 3.05) is 26.3 Å². The molecule has 0 bridgehead atoms. The Kier molecular flexibility index (Phi) is 7.19. The van der Waals surface area contributed by atoms with Gasteiger partial charge in [0.2, 0.25) is 5.91 Å². The molecule has 7 nitrogen and oxygen atoms in total. The highest BCUT2D eigenvalue weighted by Crippen LogP contribution is 2.30. The number of carbonyl (C=O) groups excluding carboxylic acids is 2. The van der Waals surface area contributed by atoms with Crippen molar-refractivity contribution in [3.8, 4) is 11.5 Å². The highest BCUT2D eigenvalue weighted by molar-refractivity contribution is 5.78. The molecule has 1 fully saturated rings. The molecule has 1 aromatic carbocycles. The van der Waals surface area contributed by atoms with Crippen molar-refractivity contribution in [1.82, 2.24) is 16.0 Å². The fourth-order valence-electron chi connectivity index (χ4n) is 3.45. The topological polar surface area (TPSA) is 88.7 Å². The molecule has 1 aliphatic carbocycles. The molecule has 7 heteroatoms. The molecular weight excluding hydrogens is 346 g/mol. The molecule has 0 spiro atoms. The smallest absolute Gasteiger partial charge is 0.315 e. The first kappa shape index (κ1) is 19.3. The van der Waals surface area contributed by atoms with E-state index in [1.807, 2.05) is 18.2 Å². The predicted octanol–water partition coefficient (Wildman–Crippen LogP) is 2.14. The van der Waals surface area contributed by atoms with E-state index in [0.717, 1.165) is 36.3 Å². The molecule has 0 atom stereocenters. The molecule has 1 saturated carbocycles. The first-order valence-electron chi connectivity index (χ1n) is 9.90. The standard InChI is InChI=1S/C20H29N3O4/c24-19(9-11-22-20(25)23-16-4-2-1-3-5-16)21-10-8-15-6-7-17-18(14-15)27-13-12-26-17/h6-7,14,16H,1-5,8-13H2,(H,21,24)(H2,22,23,25). The average molecular weight is 375 g/mol. The van der Waals surface area contributed by atoms with Crippen molar-refractivity contribution in [2.45, 2.75) is 51.0 Å². The van der Waals surface area contributed by atoms with Crippen LogP contribution < -0.4 is 25.4 Å². The van der Waals surface area contributed by atoms with Gasteiger partial charge in [0.05, 0.1) is 0 Å². The molecule has 1 aromatic rings. The Morgan fingerprint density at radius 3 is 2.56 bits per heavy atom. The van der Waals surface area contributed by atoms with E-state index in [0.29, 0.717) is 26.3 Å². The number of carbonyl (C=O) groups is 2. The van der Waals surface area contributed by atoms with Crippen LogP contribution in [0.5, 0.6) is 11.5 Å². The summed E-state index contributed by atoms with van der Waals surface area (Å²) in [6.45, 7) is 2.03. The predicted molar refractivity (Wildman–Crippen MR) is 102 cm³/mol. The van der Waals surface area contributed by atoms with Crippen molar-refractivity contribution in [1.29, 1.82) is 0 Å². The summed E-state index contributed by atoms with van der Waals surface area (Å²) >= 11 is 0. The van der Waals surface area contributed by atoms with Crippen LogP contribution in [0.4, 0.5) is 4.79 Å². The van der Waals surface area contributed by atoms with Gasteiger partial charge in [-0.25, -0.2) is 4.79 Å². The molecule has 27 heavy (non-hydrogen) atoms. The van der Waals surface area contributed by atoms with Crippen LogP contribution in [-0.4, -0.2) is 44.3 Å². The van der Waals surface area contributed by atoms with E-state index in [9.17, 15) is 9.59 Å². The van der Waals surface area contributed by atoms with E-state index >= 15 is 0 Å². The highest BCUT2D eigenvalue weighted by atomic mass is 16.6. The number of amides is 3. The van der Waals surface area contributed by atoms with Gasteiger partial charge in [-0.15, -0.1) is 0 Å². The summed E-state index contributed by atoms with van der Waals surface area (Å²) in [6.07, 6.45) is 6.71. The first-order chi connectivity index (χ1) is 13.2. The summed E-state index contributed by atoms with van der Waals surface area (Å²) < 4.78 is 11.1. The van der Waals surface area contributed by atoms with Gasteiger partial charge < -0.3 is 25.4 Å². The molecule has 3 N–H and O–H groups in total. The van der Waals surface area contributed by atoms with Crippen LogP contribution in [0.15, 0.2) is 18.2 Å². The van der Waals surface area contributed by atoms with Gasteiger partial charge in [0.25, 0.3) is 0 Å². The fraction of sp³-hybridized carbons (Fsp3) is 0.600. The lowest BCUT2D eigenvalue weighted by Crippen LogP contribution is -2.43. The van der Waals surface area contributed by atoms with Crippen molar-refractivity contribution in [2.24, 2.45) is 0 Å². The first-order valence-corrected chi connectivity index (χ1v) is 9.90. The van der Waals surface area contributed by atoms with E-state index in [4.69, 9.17) is 9.47 Å². The number of rotatable bonds is 7. The number of benzene rings is 1. The molecule has 0 saturated heterocycles. The van der Waals surface area contributed by atoms with Gasteiger partial charge in [-0.3, -0.25) is 4.79 Å². The van der Waals surface area contributed by atoms with Gasteiger partial charge >= 0.3 is 6.03 Å². The Morgan fingerprint density at radius 2 is 1.74 bits per heavy atom. The third-order valence-corrected chi connectivity index (χ3v) is 4.92. The second-order valence-electron chi connectivity index (χ2n) is 7.06. The van der Waals surface area contributed by atoms with Gasteiger partial charge in [-0.1, -0.05) is 25.3 Å². The number of nitrogens with one attached hydrogen (secondary N) is 3. The van der Waals surface area contributed by atoms with Gasteiger partial charge in [-0.05, 0) is 37.0 Å². The Balaban J connectivity index is 1.28. The van der Waals surface area contributed by atoms with Crippen molar-refractivity contribution < 1.29 is 19.1 Å². The minimum absolute atomic E-state index is 0.0643. The SMILES string of the molecule is O=C(CCNC(=O)NC1CCCCC1)NCCc1ccc2c(c1)OCCO2. The minimum Gasteiger partial charge on any atom is -0.486 e. The van der Waals surface area contributed by atoms with Crippen LogP contribution in [0.1, 0.15) is 44.1 Å². The van der Waals surface area contributed by atoms with Crippen LogP contribution in [0.25, 0.3) is 0 Å². The lowest BCUT2D eigenvalue weighted by atomic mass is 9.96. The summed E-state index contributed by atoms with van der Waals surface area (Å²) in [7, 11) is 0. The monoisotopic (exact) mass is 375 g/mol. The normalized spacial score (nSPS) is 16.4. The maximum absolute atomic E-state index is 11.9. The number of hydrogen-bond donors (Lipinski definition) is 3. The summed E-state index contributed by atoms with van der Waals surface area (Å²) in [5.41, 5.74) is 1.09. The molecule has 3 amide bonds. The number of ether oxygens (including phenoxy) is 2. The quantitative estimate of drug-likeness (QED) is 0.681. The second kappa shape index (κ2) is 10.0. The maximum atomic E-state index is 11.9. The van der Waals surface area contributed by atoms with Gasteiger partial charge in [0.15, 0.2) is 11.5 Å². The molecule has 3 rings (SSSR count). The second-order valence-corrected chi connectivity index (χ2v) is 7.06. The number of fused-ring (bicyclic) bond motifs is 1. The Bertz CT molecular complexity index is 644. The molecular formula is C20H29N3O4. The van der Waals surface area contributed by atoms with Crippen LogP contribution in [0.2, 0.25) is 0 Å². The fourth-order valence-corrected chi connectivity index (χ4v) is 3.45. The van der Waals surface area contributed by atoms with Gasteiger partial charge in [-0.2, -0.15) is 0 Å². The van der Waals surface area contributed by atoms with E-state index in [2.05, 4.69) is 16.0 Å². The maximum Gasteiger partial charge on any atom is 0.315 e. The van der Waals surface area contributed by atoms with E-state index in [-0.39, 0.29) is 24.4 Å². The largest absolute Gasteiger partial charge is 0.486 e. The molecule has 1 aliphatic heterocycles. The van der Waals surface area contributed by atoms with Crippen molar-refractivity contribution >= 4 is 11.9 Å². The van der Waals surface area contributed by atoms with Crippen molar-refractivity contribution in [3.05, 3.63) is 23.8 Å². The molecule has 0 radical (unpaired) electrons. The Hall–Kier alpha value is -2.44. The zero-order chi connectivity index (χ0) is 18.9. The minimum atomic E-state index is -0.175. The number of urea groups is 1. The molecule has 2 aliphatic rings.